The highest BCUT2D eigenvalue weighted by Gasteiger charge is 2.23. The standard InChI is InChI=1S/C19H20N4O3/c1-25-16-6-2-3-7-17(16)26-14-18(24)22-9-11-23(12-10-22)19-15(13-20)5-4-8-21-19/h2-8H,9-12,14H2,1H3. The van der Waals surface area contributed by atoms with E-state index < -0.39 is 0 Å². The molecule has 2 heterocycles. The van der Waals surface area contributed by atoms with E-state index in [4.69, 9.17) is 9.47 Å². The SMILES string of the molecule is COc1ccccc1OCC(=O)N1CCN(c2ncccc2C#N)CC1. The smallest absolute Gasteiger partial charge is 0.260 e. The lowest BCUT2D eigenvalue weighted by molar-refractivity contribution is -0.133. The predicted molar refractivity (Wildman–Crippen MR) is 96.2 cm³/mol. The largest absolute Gasteiger partial charge is 0.493 e. The quantitative estimate of drug-likeness (QED) is 0.815. The number of ether oxygens (including phenoxy) is 2. The number of benzene rings is 1. The van der Waals surface area contributed by atoms with Gasteiger partial charge >= 0.3 is 0 Å². The number of anilines is 1. The maximum Gasteiger partial charge on any atom is 0.260 e. The van der Waals surface area contributed by atoms with Gasteiger partial charge in [0.2, 0.25) is 0 Å². The van der Waals surface area contributed by atoms with Crippen LogP contribution in [0.1, 0.15) is 5.56 Å². The minimum atomic E-state index is -0.0721. The summed E-state index contributed by atoms with van der Waals surface area (Å²) in [5.41, 5.74) is 0.548. The van der Waals surface area contributed by atoms with Crippen molar-refractivity contribution in [2.24, 2.45) is 0 Å². The molecule has 1 aromatic carbocycles. The van der Waals surface area contributed by atoms with Crippen molar-refractivity contribution in [2.75, 3.05) is 44.8 Å². The van der Waals surface area contributed by atoms with Crippen LogP contribution in [0.25, 0.3) is 0 Å². The lowest BCUT2D eigenvalue weighted by Gasteiger charge is -2.35. The average molecular weight is 352 g/mol. The van der Waals surface area contributed by atoms with Crippen LogP contribution in [0.2, 0.25) is 0 Å². The fourth-order valence-electron chi connectivity index (χ4n) is 2.87. The molecule has 7 heteroatoms. The molecule has 0 saturated carbocycles. The van der Waals surface area contributed by atoms with Crippen molar-refractivity contribution in [2.45, 2.75) is 0 Å². The normalized spacial score (nSPS) is 13.8. The molecule has 0 atom stereocenters. The molecule has 134 valence electrons. The Morgan fingerprint density at radius 1 is 1.15 bits per heavy atom. The number of pyridine rings is 1. The minimum Gasteiger partial charge on any atom is -0.493 e. The molecule has 0 bridgehead atoms. The van der Waals surface area contributed by atoms with Crippen LogP contribution in [-0.4, -0.2) is 55.7 Å². The molecule has 1 aliphatic heterocycles. The molecule has 0 unspecified atom stereocenters. The van der Waals surface area contributed by atoms with E-state index in [9.17, 15) is 10.1 Å². The predicted octanol–water partition coefficient (Wildman–Crippen LogP) is 1.69. The number of amides is 1. The third-order valence-corrected chi connectivity index (χ3v) is 4.26. The zero-order valence-electron chi connectivity index (χ0n) is 14.6. The molecule has 1 aliphatic rings. The van der Waals surface area contributed by atoms with E-state index in [-0.39, 0.29) is 12.5 Å². The van der Waals surface area contributed by atoms with Crippen LogP contribution in [-0.2, 0) is 4.79 Å². The zero-order chi connectivity index (χ0) is 18.4. The number of aromatic nitrogens is 1. The maximum atomic E-state index is 12.4. The first-order valence-electron chi connectivity index (χ1n) is 8.36. The highest BCUT2D eigenvalue weighted by Crippen LogP contribution is 2.25. The van der Waals surface area contributed by atoms with Gasteiger partial charge in [-0.3, -0.25) is 4.79 Å². The first kappa shape index (κ1) is 17.5. The lowest BCUT2D eigenvalue weighted by Crippen LogP contribution is -2.50. The number of para-hydroxylation sites is 2. The van der Waals surface area contributed by atoms with Gasteiger partial charge in [-0.25, -0.2) is 4.98 Å². The van der Waals surface area contributed by atoms with E-state index in [0.717, 1.165) is 0 Å². The maximum absolute atomic E-state index is 12.4. The summed E-state index contributed by atoms with van der Waals surface area (Å²) in [4.78, 5) is 20.5. The van der Waals surface area contributed by atoms with Crippen molar-refractivity contribution in [3.05, 3.63) is 48.2 Å². The molecule has 0 radical (unpaired) electrons. The molecule has 1 fully saturated rings. The molecule has 0 N–H and O–H groups in total. The summed E-state index contributed by atoms with van der Waals surface area (Å²) < 4.78 is 10.8. The fraction of sp³-hybridized carbons (Fsp3) is 0.316. The Bertz CT molecular complexity index is 810. The Morgan fingerprint density at radius 2 is 1.88 bits per heavy atom. The molecule has 0 aliphatic carbocycles. The summed E-state index contributed by atoms with van der Waals surface area (Å²) in [6, 6.07) is 12.9. The monoisotopic (exact) mass is 352 g/mol. The van der Waals surface area contributed by atoms with Crippen LogP contribution in [0.5, 0.6) is 11.5 Å². The first-order chi connectivity index (χ1) is 12.7. The molecule has 26 heavy (non-hydrogen) atoms. The lowest BCUT2D eigenvalue weighted by atomic mass is 10.2. The molecule has 1 saturated heterocycles. The minimum absolute atomic E-state index is 0.0343. The molecular weight excluding hydrogens is 332 g/mol. The number of rotatable bonds is 5. The first-order valence-corrected chi connectivity index (χ1v) is 8.36. The highest BCUT2D eigenvalue weighted by molar-refractivity contribution is 5.78. The van der Waals surface area contributed by atoms with Gasteiger partial charge < -0.3 is 19.3 Å². The molecular formula is C19H20N4O3. The molecule has 0 spiro atoms. The number of methoxy groups -OCH3 is 1. The van der Waals surface area contributed by atoms with E-state index in [2.05, 4.69) is 11.1 Å². The Kier molecular flexibility index (Phi) is 5.54. The number of carbonyl (C=O) groups excluding carboxylic acids is 1. The number of carbonyl (C=O) groups is 1. The van der Waals surface area contributed by atoms with Crippen LogP contribution in [0, 0.1) is 11.3 Å². The number of hydrogen-bond acceptors (Lipinski definition) is 6. The number of nitriles is 1. The van der Waals surface area contributed by atoms with Gasteiger partial charge in [-0.2, -0.15) is 5.26 Å². The van der Waals surface area contributed by atoms with E-state index in [0.29, 0.717) is 49.1 Å². The van der Waals surface area contributed by atoms with Gasteiger partial charge in [0.15, 0.2) is 18.1 Å². The van der Waals surface area contributed by atoms with Crippen molar-refractivity contribution in [3.8, 4) is 17.6 Å². The number of piperazine rings is 1. The Morgan fingerprint density at radius 3 is 2.58 bits per heavy atom. The second kappa shape index (κ2) is 8.21. The van der Waals surface area contributed by atoms with Crippen LogP contribution in [0.3, 0.4) is 0 Å². The van der Waals surface area contributed by atoms with Crippen LogP contribution in [0.15, 0.2) is 42.6 Å². The summed E-state index contributed by atoms with van der Waals surface area (Å²) in [5.74, 6) is 1.75. The zero-order valence-corrected chi connectivity index (χ0v) is 14.6. The molecule has 7 nitrogen and oxygen atoms in total. The summed E-state index contributed by atoms with van der Waals surface area (Å²) in [7, 11) is 1.57. The second-order valence-corrected chi connectivity index (χ2v) is 5.79. The third kappa shape index (κ3) is 3.86. The number of hydrogen-bond donors (Lipinski definition) is 0. The average Bonchev–Trinajstić information content (AvgIpc) is 2.72. The van der Waals surface area contributed by atoms with Gasteiger partial charge in [0.25, 0.3) is 5.91 Å². The Hall–Kier alpha value is -3.27. The van der Waals surface area contributed by atoms with E-state index in [1.165, 1.54) is 0 Å². The van der Waals surface area contributed by atoms with E-state index in [1.54, 1.807) is 42.5 Å². The van der Waals surface area contributed by atoms with Gasteiger partial charge in [0.1, 0.15) is 11.9 Å². The van der Waals surface area contributed by atoms with Crippen molar-refractivity contribution in [1.82, 2.24) is 9.88 Å². The Labute approximate surface area is 152 Å². The van der Waals surface area contributed by atoms with Gasteiger partial charge in [-0.1, -0.05) is 12.1 Å². The topological polar surface area (TPSA) is 78.7 Å². The third-order valence-electron chi connectivity index (χ3n) is 4.26. The molecule has 1 amide bonds. The Balaban J connectivity index is 1.55. The van der Waals surface area contributed by atoms with Crippen molar-refractivity contribution >= 4 is 11.7 Å². The fourth-order valence-corrected chi connectivity index (χ4v) is 2.87. The molecule has 3 rings (SSSR count). The summed E-state index contributed by atoms with van der Waals surface area (Å²) >= 11 is 0. The second-order valence-electron chi connectivity index (χ2n) is 5.79. The highest BCUT2D eigenvalue weighted by atomic mass is 16.5. The van der Waals surface area contributed by atoms with Crippen molar-refractivity contribution < 1.29 is 14.3 Å². The van der Waals surface area contributed by atoms with Crippen molar-refractivity contribution in [1.29, 1.82) is 5.26 Å². The summed E-state index contributed by atoms with van der Waals surface area (Å²) in [6.45, 7) is 2.36. The molecule has 1 aromatic heterocycles. The van der Waals surface area contributed by atoms with Gasteiger partial charge in [0.05, 0.1) is 12.7 Å². The van der Waals surface area contributed by atoms with E-state index in [1.807, 2.05) is 17.0 Å². The van der Waals surface area contributed by atoms with Crippen LogP contribution in [0.4, 0.5) is 5.82 Å². The van der Waals surface area contributed by atoms with Crippen LogP contribution >= 0.6 is 0 Å². The molecule has 2 aromatic rings. The van der Waals surface area contributed by atoms with Gasteiger partial charge in [0, 0.05) is 32.4 Å². The van der Waals surface area contributed by atoms with Gasteiger partial charge in [-0.15, -0.1) is 0 Å². The summed E-state index contributed by atoms with van der Waals surface area (Å²) in [5, 5.41) is 9.20. The van der Waals surface area contributed by atoms with E-state index >= 15 is 0 Å². The number of nitrogens with zero attached hydrogens (tertiary/aromatic N) is 4. The summed E-state index contributed by atoms with van der Waals surface area (Å²) in [6.07, 6.45) is 1.68. The van der Waals surface area contributed by atoms with Crippen molar-refractivity contribution in [3.63, 3.8) is 0 Å². The van der Waals surface area contributed by atoms with Gasteiger partial charge in [-0.05, 0) is 24.3 Å². The van der Waals surface area contributed by atoms with Crippen LogP contribution < -0.4 is 14.4 Å².